The first-order chi connectivity index (χ1) is 9.95. The molecule has 0 spiro atoms. The van der Waals surface area contributed by atoms with E-state index in [1.165, 1.54) is 12.1 Å². The van der Waals surface area contributed by atoms with Crippen molar-refractivity contribution in [2.24, 2.45) is 5.14 Å². The highest BCUT2D eigenvalue weighted by Gasteiger charge is 2.07. The van der Waals surface area contributed by atoms with E-state index in [1.54, 1.807) is 12.1 Å². The standard InChI is InChI=1S/C14H17N3O3S/c15-21(19,20)13-5-3-12(4-6-13)11-16-14(18)7-10-17-8-1-2-9-17/h1-6,8-9H,7,10-11H2,(H,16,18)(H2,15,19,20). The molecule has 0 fully saturated rings. The van der Waals surface area contributed by atoms with Gasteiger partial charge in [0.15, 0.2) is 0 Å². The molecule has 0 aliphatic carbocycles. The summed E-state index contributed by atoms with van der Waals surface area (Å²) in [7, 11) is -3.67. The molecule has 1 amide bonds. The lowest BCUT2D eigenvalue weighted by atomic mass is 10.2. The van der Waals surface area contributed by atoms with Gasteiger partial charge in [0.05, 0.1) is 4.90 Å². The molecule has 6 nitrogen and oxygen atoms in total. The van der Waals surface area contributed by atoms with Gasteiger partial charge in [0.1, 0.15) is 0 Å². The molecule has 0 radical (unpaired) electrons. The maximum atomic E-state index is 11.7. The first-order valence-corrected chi connectivity index (χ1v) is 7.99. The van der Waals surface area contributed by atoms with E-state index in [9.17, 15) is 13.2 Å². The largest absolute Gasteiger partial charge is 0.354 e. The minimum absolute atomic E-state index is 0.0563. The molecular formula is C14H17N3O3S. The van der Waals surface area contributed by atoms with Crippen molar-refractivity contribution in [3.63, 3.8) is 0 Å². The maximum Gasteiger partial charge on any atom is 0.238 e. The third-order valence-electron chi connectivity index (χ3n) is 3.00. The Morgan fingerprint density at radius 1 is 1.14 bits per heavy atom. The SMILES string of the molecule is NS(=O)(=O)c1ccc(CNC(=O)CCn2cccc2)cc1. The smallest absolute Gasteiger partial charge is 0.238 e. The first-order valence-electron chi connectivity index (χ1n) is 6.44. The van der Waals surface area contributed by atoms with Crippen LogP contribution in [0.25, 0.3) is 0 Å². The number of hydrogen-bond acceptors (Lipinski definition) is 3. The van der Waals surface area contributed by atoms with Crippen LogP contribution < -0.4 is 10.5 Å². The van der Waals surface area contributed by atoms with Crippen LogP contribution in [0.4, 0.5) is 0 Å². The average Bonchev–Trinajstić information content (AvgIpc) is 2.95. The number of carbonyl (C=O) groups is 1. The normalized spacial score (nSPS) is 11.3. The Balaban J connectivity index is 1.81. The van der Waals surface area contributed by atoms with Crippen molar-refractivity contribution in [2.45, 2.75) is 24.4 Å². The Labute approximate surface area is 123 Å². The lowest BCUT2D eigenvalue weighted by Gasteiger charge is -2.07. The predicted octanol–water partition coefficient (Wildman–Crippen LogP) is 0.842. The summed E-state index contributed by atoms with van der Waals surface area (Å²) in [5.74, 6) is -0.0563. The van der Waals surface area contributed by atoms with Crippen LogP contribution in [-0.4, -0.2) is 18.9 Å². The number of primary sulfonamides is 1. The fraction of sp³-hybridized carbons (Fsp3) is 0.214. The van der Waals surface area contributed by atoms with Crippen molar-refractivity contribution >= 4 is 15.9 Å². The van der Waals surface area contributed by atoms with Gasteiger partial charge in [-0.05, 0) is 29.8 Å². The van der Waals surface area contributed by atoms with E-state index in [0.29, 0.717) is 19.5 Å². The van der Waals surface area contributed by atoms with Crippen molar-refractivity contribution in [2.75, 3.05) is 0 Å². The van der Waals surface area contributed by atoms with Crippen molar-refractivity contribution in [3.05, 3.63) is 54.4 Å². The second-order valence-corrected chi connectivity index (χ2v) is 6.20. The molecule has 0 aliphatic rings. The van der Waals surface area contributed by atoms with Gasteiger partial charge in [0, 0.05) is 31.9 Å². The number of aromatic nitrogens is 1. The quantitative estimate of drug-likeness (QED) is 0.828. The number of nitrogens with zero attached hydrogens (tertiary/aromatic N) is 1. The fourth-order valence-corrected chi connectivity index (χ4v) is 2.35. The van der Waals surface area contributed by atoms with Gasteiger partial charge in [0.25, 0.3) is 0 Å². The molecule has 0 bridgehead atoms. The van der Waals surface area contributed by atoms with Crippen LogP contribution in [0, 0.1) is 0 Å². The highest BCUT2D eigenvalue weighted by molar-refractivity contribution is 7.89. The summed E-state index contributed by atoms with van der Waals surface area (Å²) in [6, 6.07) is 9.93. The van der Waals surface area contributed by atoms with Crippen molar-refractivity contribution < 1.29 is 13.2 Å². The van der Waals surface area contributed by atoms with Gasteiger partial charge in [-0.2, -0.15) is 0 Å². The molecule has 112 valence electrons. The van der Waals surface area contributed by atoms with Gasteiger partial charge >= 0.3 is 0 Å². The van der Waals surface area contributed by atoms with Crippen LogP contribution in [0.15, 0.2) is 53.7 Å². The fourth-order valence-electron chi connectivity index (χ4n) is 1.84. The molecule has 1 aromatic carbocycles. The van der Waals surface area contributed by atoms with Crippen LogP contribution in [0.2, 0.25) is 0 Å². The average molecular weight is 307 g/mol. The van der Waals surface area contributed by atoms with E-state index in [2.05, 4.69) is 5.32 Å². The Morgan fingerprint density at radius 2 is 1.76 bits per heavy atom. The van der Waals surface area contributed by atoms with Crippen molar-refractivity contribution in [3.8, 4) is 0 Å². The number of hydrogen-bond donors (Lipinski definition) is 2. The summed E-state index contributed by atoms with van der Waals surface area (Å²) in [5, 5.41) is 7.80. The third-order valence-corrected chi connectivity index (χ3v) is 3.93. The van der Waals surface area contributed by atoms with Crippen LogP contribution in [0.1, 0.15) is 12.0 Å². The number of benzene rings is 1. The van der Waals surface area contributed by atoms with Gasteiger partial charge < -0.3 is 9.88 Å². The summed E-state index contributed by atoms with van der Waals surface area (Å²) in [5.41, 5.74) is 0.816. The van der Waals surface area contributed by atoms with E-state index in [-0.39, 0.29) is 10.8 Å². The number of rotatable bonds is 6. The molecule has 0 saturated heterocycles. The number of nitrogens with one attached hydrogen (secondary N) is 1. The van der Waals surface area contributed by atoms with Crippen LogP contribution in [-0.2, 0) is 27.9 Å². The molecule has 0 atom stereocenters. The van der Waals surface area contributed by atoms with Gasteiger partial charge in [0.2, 0.25) is 15.9 Å². The monoisotopic (exact) mass is 307 g/mol. The van der Waals surface area contributed by atoms with Crippen LogP contribution in [0.3, 0.4) is 0 Å². The van der Waals surface area contributed by atoms with E-state index in [4.69, 9.17) is 5.14 Å². The second kappa shape index (κ2) is 6.55. The number of nitrogens with two attached hydrogens (primary N) is 1. The Kier molecular flexibility index (Phi) is 4.77. The van der Waals surface area contributed by atoms with Crippen molar-refractivity contribution in [1.29, 1.82) is 0 Å². The third kappa shape index (κ3) is 4.73. The number of amides is 1. The molecule has 0 aliphatic heterocycles. The lowest BCUT2D eigenvalue weighted by Crippen LogP contribution is -2.23. The molecule has 2 rings (SSSR count). The first kappa shape index (κ1) is 15.3. The van der Waals surface area contributed by atoms with Gasteiger partial charge in [-0.1, -0.05) is 12.1 Å². The summed E-state index contributed by atoms with van der Waals surface area (Å²) in [4.78, 5) is 11.8. The predicted molar refractivity (Wildman–Crippen MR) is 78.7 cm³/mol. The number of carbonyl (C=O) groups excluding carboxylic acids is 1. The topological polar surface area (TPSA) is 94.2 Å². The summed E-state index contributed by atoms with van der Waals surface area (Å²) in [6.45, 7) is 0.985. The van der Waals surface area contributed by atoms with Crippen molar-refractivity contribution in [1.82, 2.24) is 9.88 Å². The van der Waals surface area contributed by atoms with Gasteiger partial charge in [-0.15, -0.1) is 0 Å². The molecule has 2 aromatic rings. The number of aryl methyl sites for hydroxylation is 1. The Morgan fingerprint density at radius 3 is 2.33 bits per heavy atom. The zero-order chi connectivity index (χ0) is 15.3. The summed E-state index contributed by atoms with van der Waals surface area (Å²) < 4.78 is 24.2. The minimum Gasteiger partial charge on any atom is -0.354 e. The molecule has 1 heterocycles. The Bertz CT molecular complexity index is 692. The number of sulfonamides is 1. The van der Waals surface area contributed by atoms with E-state index in [1.807, 2.05) is 29.1 Å². The molecule has 0 unspecified atom stereocenters. The molecule has 1 aromatic heterocycles. The highest BCUT2D eigenvalue weighted by atomic mass is 32.2. The molecule has 3 N–H and O–H groups in total. The Hall–Kier alpha value is -2.12. The molecule has 7 heteroatoms. The zero-order valence-electron chi connectivity index (χ0n) is 11.4. The molecule has 21 heavy (non-hydrogen) atoms. The summed E-state index contributed by atoms with van der Waals surface area (Å²) in [6.07, 6.45) is 4.20. The maximum absolute atomic E-state index is 11.7. The molecular weight excluding hydrogens is 290 g/mol. The summed E-state index contributed by atoms with van der Waals surface area (Å²) >= 11 is 0. The van der Waals surface area contributed by atoms with Gasteiger partial charge in [-0.3, -0.25) is 4.79 Å². The van der Waals surface area contributed by atoms with Crippen LogP contribution in [0.5, 0.6) is 0 Å². The lowest BCUT2D eigenvalue weighted by molar-refractivity contribution is -0.121. The van der Waals surface area contributed by atoms with E-state index >= 15 is 0 Å². The highest BCUT2D eigenvalue weighted by Crippen LogP contribution is 2.08. The van der Waals surface area contributed by atoms with Crippen LogP contribution >= 0.6 is 0 Å². The zero-order valence-corrected chi connectivity index (χ0v) is 12.2. The second-order valence-electron chi connectivity index (χ2n) is 4.64. The van der Waals surface area contributed by atoms with E-state index in [0.717, 1.165) is 5.56 Å². The molecule has 0 saturated carbocycles. The minimum atomic E-state index is -3.67. The van der Waals surface area contributed by atoms with E-state index < -0.39 is 10.0 Å². The van der Waals surface area contributed by atoms with Gasteiger partial charge in [-0.25, -0.2) is 13.6 Å².